The molecule has 1 aromatic carbocycles. The molecule has 0 spiro atoms. The summed E-state index contributed by atoms with van der Waals surface area (Å²) < 4.78 is 9.36. The standard InChI is InChI=1S/C14H18O4/c1-9-5-6-11(10(2)7-9)12(14(16)18-4)8-13(15)17-3/h5-7,12H,8H2,1-4H3/t12-/m0/s1. The van der Waals surface area contributed by atoms with E-state index in [0.29, 0.717) is 0 Å². The third-order valence-electron chi connectivity index (χ3n) is 2.88. The van der Waals surface area contributed by atoms with Crippen LogP contribution in [0.3, 0.4) is 0 Å². The average Bonchev–Trinajstić information content (AvgIpc) is 2.35. The molecule has 0 aliphatic heterocycles. The summed E-state index contributed by atoms with van der Waals surface area (Å²) in [5.74, 6) is -1.46. The van der Waals surface area contributed by atoms with Crippen molar-refractivity contribution in [1.82, 2.24) is 0 Å². The van der Waals surface area contributed by atoms with Gasteiger partial charge in [-0.3, -0.25) is 9.59 Å². The summed E-state index contributed by atoms with van der Waals surface area (Å²) in [7, 11) is 2.62. The summed E-state index contributed by atoms with van der Waals surface area (Å²) in [6.45, 7) is 3.89. The molecule has 4 nitrogen and oxygen atoms in total. The maximum atomic E-state index is 11.8. The van der Waals surface area contributed by atoms with Crippen LogP contribution in [-0.2, 0) is 19.1 Å². The third kappa shape index (κ3) is 3.32. The Morgan fingerprint density at radius 1 is 1.17 bits per heavy atom. The van der Waals surface area contributed by atoms with E-state index < -0.39 is 17.9 Å². The van der Waals surface area contributed by atoms with E-state index in [1.165, 1.54) is 14.2 Å². The van der Waals surface area contributed by atoms with Crippen molar-refractivity contribution in [3.05, 3.63) is 34.9 Å². The van der Waals surface area contributed by atoms with Gasteiger partial charge in [-0.15, -0.1) is 0 Å². The molecule has 0 saturated heterocycles. The number of ether oxygens (including phenoxy) is 2. The molecule has 0 amide bonds. The van der Waals surface area contributed by atoms with Gasteiger partial charge in [0, 0.05) is 0 Å². The number of esters is 2. The molecule has 0 bridgehead atoms. The van der Waals surface area contributed by atoms with Gasteiger partial charge in [0.25, 0.3) is 0 Å². The van der Waals surface area contributed by atoms with Gasteiger partial charge in [-0.05, 0) is 25.0 Å². The van der Waals surface area contributed by atoms with Crippen LogP contribution in [0.5, 0.6) is 0 Å². The van der Waals surface area contributed by atoms with Crippen molar-refractivity contribution in [3.8, 4) is 0 Å². The molecule has 1 aromatic rings. The van der Waals surface area contributed by atoms with Crippen LogP contribution >= 0.6 is 0 Å². The molecular formula is C14H18O4. The van der Waals surface area contributed by atoms with Crippen LogP contribution in [0.25, 0.3) is 0 Å². The average molecular weight is 250 g/mol. The quantitative estimate of drug-likeness (QED) is 0.768. The normalized spacial score (nSPS) is 11.8. The minimum atomic E-state index is -0.608. The molecule has 0 aromatic heterocycles. The molecule has 0 radical (unpaired) electrons. The fourth-order valence-corrected chi connectivity index (χ4v) is 1.93. The van der Waals surface area contributed by atoms with Crippen molar-refractivity contribution in [2.75, 3.05) is 14.2 Å². The van der Waals surface area contributed by atoms with Gasteiger partial charge in [0.05, 0.1) is 26.6 Å². The molecule has 0 heterocycles. The first kappa shape index (κ1) is 14.2. The first-order valence-electron chi connectivity index (χ1n) is 5.71. The highest BCUT2D eigenvalue weighted by Gasteiger charge is 2.26. The highest BCUT2D eigenvalue weighted by atomic mass is 16.5. The van der Waals surface area contributed by atoms with Gasteiger partial charge in [0.2, 0.25) is 0 Å². The summed E-state index contributed by atoms with van der Waals surface area (Å²) >= 11 is 0. The zero-order chi connectivity index (χ0) is 13.7. The molecule has 18 heavy (non-hydrogen) atoms. The monoisotopic (exact) mass is 250 g/mol. The summed E-state index contributed by atoms with van der Waals surface area (Å²) in [4.78, 5) is 23.1. The Bertz CT molecular complexity index is 451. The van der Waals surface area contributed by atoms with E-state index in [1.807, 2.05) is 32.0 Å². The summed E-state index contributed by atoms with van der Waals surface area (Å²) in [6, 6.07) is 5.74. The minimum absolute atomic E-state index is 0.00687. The number of aryl methyl sites for hydroxylation is 2. The zero-order valence-corrected chi connectivity index (χ0v) is 11.1. The predicted octanol–water partition coefficient (Wildman–Crippen LogP) is 2.12. The maximum Gasteiger partial charge on any atom is 0.313 e. The molecular weight excluding hydrogens is 232 g/mol. The first-order chi connectivity index (χ1) is 8.49. The molecule has 1 atom stereocenters. The van der Waals surface area contributed by atoms with Crippen LogP contribution in [-0.4, -0.2) is 26.2 Å². The Kier molecular flexibility index (Phi) is 4.89. The van der Waals surface area contributed by atoms with Crippen molar-refractivity contribution in [2.45, 2.75) is 26.2 Å². The second kappa shape index (κ2) is 6.19. The van der Waals surface area contributed by atoms with Crippen molar-refractivity contribution >= 4 is 11.9 Å². The lowest BCUT2D eigenvalue weighted by molar-refractivity contribution is -0.149. The van der Waals surface area contributed by atoms with Crippen molar-refractivity contribution < 1.29 is 19.1 Å². The summed E-state index contributed by atoms with van der Waals surface area (Å²) in [5, 5.41) is 0. The lowest BCUT2D eigenvalue weighted by atomic mass is 9.91. The summed E-state index contributed by atoms with van der Waals surface area (Å²) in [6.07, 6.45) is -0.00687. The van der Waals surface area contributed by atoms with E-state index in [4.69, 9.17) is 4.74 Å². The number of hydrogen-bond acceptors (Lipinski definition) is 4. The van der Waals surface area contributed by atoms with E-state index in [2.05, 4.69) is 4.74 Å². The number of carbonyl (C=O) groups excluding carboxylic acids is 2. The Morgan fingerprint density at radius 2 is 1.83 bits per heavy atom. The van der Waals surface area contributed by atoms with Gasteiger partial charge >= 0.3 is 11.9 Å². The SMILES string of the molecule is COC(=O)C[C@H](C(=O)OC)c1ccc(C)cc1C. The Hall–Kier alpha value is -1.84. The lowest BCUT2D eigenvalue weighted by Gasteiger charge is -2.16. The molecule has 0 aliphatic carbocycles. The van der Waals surface area contributed by atoms with Crippen molar-refractivity contribution in [1.29, 1.82) is 0 Å². The number of benzene rings is 1. The van der Waals surface area contributed by atoms with Crippen LogP contribution in [0, 0.1) is 13.8 Å². The van der Waals surface area contributed by atoms with Crippen LogP contribution in [0.2, 0.25) is 0 Å². The lowest BCUT2D eigenvalue weighted by Crippen LogP contribution is -2.19. The Morgan fingerprint density at radius 3 is 2.33 bits per heavy atom. The van der Waals surface area contributed by atoms with Gasteiger partial charge in [-0.25, -0.2) is 0 Å². The highest BCUT2D eigenvalue weighted by Crippen LogP contribution is 2.25. The third-order valence-corrected chi connectivity index (χ3v) is 2.88. The second-order valence-corrected chi connectivity index (χ2v) is 4.22. The molecule has 98 valence electrons. The van der Waals surface area contributed by atoms with E-state index in [-0.39, 0.29) is 6.42 Å². The topological polar surface area (TPSA) is 52.6 Å². The predicted molar refractivity (Wildman–Crippen MR) is 67.3 cm³/mol. The molecule has 0 aliphatic rings. The van der Waals surface area contributed by atoms with Gasteiger partial charge in [-0.2, -0.15) is 0 Å². The first-order valence-corrected chi connectivity index (χ1v) is 5.71. The van der Waals surface area contributed by atoms with Crippen molar-refractivity contribution in [3.63, 3.8) is 0 Å². The van der Waals surface area contributed by atoms with Crippen LogP contribution in [0.1, 0.15) is 29.0 Å². The fourth-order valence-electron chi connectivity index (χ4n) is 1.93. The van der Waals surface area contributed by atoms with Gasteiger partial charge in [0.15, 0.2) is 0 Å². The summed E-state index contributed by atoms with van der Waals surface area (Å²) in [5.41, 5.74) is 2.88. The maximum absolute atomic E-state index is 11.8. The van der Waals surface area contributed by atoms with E-state index in [0.717, 1.165) is 16.7 Å². The Labute approximate surface area is 107 Å². The fraction of sp³-hybridized carbons (Fsp3) is 0.429. The largest absolute Gasteiger partial charge is 0.469 e. The molecule has 0 N–H and O–H groups in total. The van der Waals surface area contributed by atoms with Gasteiger partial charge in [-0.1, -0.05) is 23.8 Å². The van der Waals surface area contributed by atoms with E-state index in [9.17, 15) is 9.59 Å². The Balaban J connectivity index is 3.09. The van der Waals surface area contributed by atoms with Gasteiger partial charge < -0.3 is 9.47 Å². The smallest absolute Gasteiger partial charge is 0.313 e. The number of methoxy groups -OCH3 is 2. The van der Waals surface area contributed by atoms with Crippen LogP contribution < -0.4 is 0 Å². The number of rotatable bonds is 4. The van der Waals surface area contributed by atoms with Gasteiger partial charge in [0.1, 0.15) is 0 Å². The van der Waals surface area contributed by atoms with Crippen molar-refractivity contribution in [2.24, 2.45) is 0 Å². The number of hydrogen-bond donors (Lipinski definition) is 0. The zero-order valence-electron chi connectivity index (χ0n) is 11.1. The second-order valence-electron chi connectivity index (χ2n) is 4.22. The van der Waals surface area contributed by atoms with E-state index >= 15 is 0 Å². The molecule has 0 unspecified atom stereocenters. The molecule has 1 rings (SSSR count). The minimum Gasteiger partial charge on any atom is -0.469 e. The molecule has 0 fully saturated rings. The highest BCUT2D eigenvalue weighted by molar-refractivity contribution is 5.84. The number of carbonyl (C=O) groups is 2. The molecule has 0 saturated carbocycles. The van der Waals surface area contributed by atoms with E-state index in [1.54, 1.807) is 0 Å². The van der Waals surface area contributed by atoms with Crippen LogP contribution in [0.4, 0.5) is 0 Å². The van der Waals surface area contributed by atoms with Crippen LogP contribution in [0.15, 0.2) is 18.2 Å². The molecule has 4 heteroatoms.